The average Bonchev–Trinajstić information content (AvgIpc) is 2.50. The Bertz CT molecular complexity index is 829. The van der Waals surface area contributed by atoms with E-state index in [0.717, 1.165) is 12.1 Å². The summed E-state index contributed by atoms with van der Waals surface area (Å²) in [5.41, 5.74) is -0.156. The van der Waals surface area contributed by atoms with Crippen molar-refractivity contribution >= 4 is 23.5 Å². The lowest BCUT2D eigenvalue weighted by atomic mass is 10.1. The number of phenols is 2. The molecular formula is C16H13NO7. The lowest BCUT2D eigenvalue weighted by Gasteiger charge is -2.10. The van der Waals surface area contributed by atoms with E-state index in [-0.39, 0.29) is 22.4 Å². The molecule has 0 unspecified atom stereocenters. The van der Waals surface area contributed by atoms with Crippen LogP contribution in [0.3, 0.4) is 0 Å². The van der Waals surface area contributed by atoms with E-state index in [1.807, 2.05) is 0 Å². The number of amides is 1. The Morgan fingerprint density at radius 3 is 2.29 bits per heavy atom. The first-order chi connectivity index (χ1) is 11.3. The third-order valence-corrected chi connectivity index (χ3v) is 3.15. The predicted molar refractivity (Wildman–Crippen MR) is 82.5 cm³/mol. The van der Waals surface area contributed by atoms with Gasteiger partial charge < -0.3 is 25.7 Å². The number of phenolic OH excluding ortho intramolecular Hbond substituents is 2. The molecule has 0 aliphatic heterocycles. The zero-order valence-electron chi connectivity index (χ0n) is 12.2. The smallest absolute Gasteiger partial charge is 0.335 e. The van der Waals surface area contributed by atoms with E-state index in [4.69, 9.17) is 10.2 Å². The highest BCUT2D eigenvalue weighted by molar-refractivity contribution is 6.07. The maximum Gasteiger partial charge on any atom is 0.335 e. The topological polar surface area (TPSA) is 144 Å². The molecule has 0 aromatic heterocycles. The van der Waals surface area contributed by atoms with Crippen molar-refractivity contribution in [1.29, 1.82) is 0 Å². The van der Waals surface area contributed by atoms with Crippen molar-refractivity contribution < 1.29 is 34.8 Å². The van der Waals surface area contributed by atoms with Crippen LogP contribution >= 0.6 is 0 Å². The Balaban J connectivity index is 2.27. The molecule has 0 atom stereocenters. The van der Waals surface area contributed by atoms with Gasteiger partial charge in [-0.1, -0.05) is 6.07 Å². The van der Waals surface area contributed by atoms with Crippen molar-refractivity contribution in [2.24, 2.45) is 0 Å². The number of carbonyl (C=O) groups is 3. The number of benzene rings is 2. The summed E-state index contributed by atoms with van der Waals surface area (Å²) >= 11 is 0. The van der Waals surface area contributed by atoms with E-state index in [9.17, 15) is 24.6 Å². The molecular weight excluding hydrogens is 318 g/mol. The van der Waals surface area contributed by atoms with Gasteiger partial charge in [0.25, 0.3) is 5.91 Å². The molecule has 0 radical (unpaired) electrons. The molecule has 1 amide bonds. The number of carbonyl (C=O) groups excluding carboxylic acids is 1. The van der Waals surface area contributed by atoms with Crippen molar-refractivity contribution in [3.8, 4) is 11.5 Å². The summed E-state index contributed by atoms with van der Waals surface area (Å²) in [7, 11) is 0. The summed E-state index contributed by atoms with van der Waals surface area (Å²) in [5.74, 6) is -4.10. The van der Waals surface area contributed by atoms with Gasteiger partial charge in [0, 0.05) is 11.3 Å². The summed E-state index contributed by atoms with van der Waals surface area (Å²) in [5, 5.41) is 39.6. The van der Waals surface area contributed by atoms with Gasteiger partial charge in [0.05, 0.1) is 17.5 Å². The Labute approximate surface area is 135 Å². The molecule has 124 valence electrons. The zero-order chi connectivity index (χ0) is 17.9. The SMILES string of the molecule is O=C(O)Cc1cc(O)c(C(=O)Nc2cccc(C(=O)O)c2)cc1O. The van der Waals surface area contributed by atoms with Crippen LogP contribution in [-0.4, -0.2) is 38.3 Å². The quantitative estimate of drug-likeness (QED) is 0.524. The number of carboxylic acids is 2. The second-order valence-electron chi connectivity index (χ2n) is 4.91. The number of aliphatic carboxylic acids is 1. The fraction of sp³-hybridized carbons (Fsp3) is 0.0625. The van der Waals surface area contributed by atoms with Gasteiger partial charge in [-0.05, 0) is 30.3 Å². The minimum atomic E-state index is -1.20. The standard InChI is InChI=1S/C16H13NO7/c18-12-7-11(13(19)5-9(12)6-14(20)21)15(22)17-10-3-1-2-8(4-10)16(23)24/h1-5,7,18-19H,6H2,(H,17,22)(H,20,21)(H,23,24). The molecule has 2 aromatic carbocycles. The van der Waals surface area contributed by atoms with Crippen molar-refractivity contribution in [3.05, 3.63) is 53.1 Å². The van der Waals surface area contributed by atoms with Crippen LogP contribution in [0.5, 0.6) is 11.5 Å². The number of carboxylic acid groups (broad SMARTS) is 2. The highest BCUT2D eigenvalue weighted by Gasteiger charge is 2.17. The number of hydrogen-bond acceptors (Lipinski definition) is 5. The molecule has 0 spiro atoms. The molecule has 0 aliphatic carbocycles. The Morgan fingerprint density at radius 1 is 0.958 bits per heavy atom. The molecule has 0 saturated carbocycles. The van der Waals surface area contributed by atoms with E-state index in [2.05, 4.69) is 5.32 Å². The summed E-state index contributed by atoms with van der Waals surface area (Å²) < 4.78 is 0. The summed E-state index contributed by atoms with van der Waals surface area (Å²) in [6.07, 6.45) is -0.512. The van der Waals surface area contributed by atoms with Crippen molar-refractivity contribution in [2.75, 3.05) is 5.32 Å². The molecule has 0 bridgehead atoms. The second kappa shape index (κ2) is 6.69. The van der Waals surface area contributed by atoms with E-state index in [1.165, 1.54) is 24.3 Å². The van der Waals surface area contributed by atoms with Gasteiger partial charge in [-0.3, -0.25) is 9.59 Å². The maximum absolute atomic E-state index is 12.2. The van der Waals surface area contributed by atoms with Crippen LogP contribution in [0.1, 0.15) is 26.3 Å². The van der Waals surface area contributed by atoms with Gasteiger partial charge in [-0.25, -0.2) is 4.79 Å². The number of anilines is 1. The van der Waals surface area contributed by atoms with Crippen LogP contribution in [0.4, 0.5) is 5.69 Å². The van der Waals surface area contributed by atoms with Crippen LogP contribution in [0.25, 0.3) is 0 Å². The molecule has 2 rings (SSSR count). The van der Waals surface area contributed by atoms with Gasteiger partial charge in [0.15, 0.2) is 0 Å². The van der Waals surface area contributed by atoms with Gasteiger partial charge in [0.1, 0.15) is 11.5 Å². The van der Waals surface area contributed by atoms with Crippen LogP contribution in [0, 0.1) is 0 Å². The molecule has 0 heterocycles. The summed E-state index contributed by atoms with van der Waals surface area (Å²) in [4.78, 5) is 33.7. The third kappa shape index (κ3) is 3.80. The van der Waals surface area contributed by atoms with Gasteiger partial charge in [-0.2, -0.15) is 0 Å². The number of hydrogen-bond donors (Lipinski definition) is 5. The summed E-state index contributed by atoms with van der Waals surface area (Å²) in [6.45, 7) is 0. The average molecular weight is 331 g/mol. The third-order valence-electron chi connectivity index (χ3n) is 3.15. The van der Waals surface area contributed by atoms with Crippen LogP contribution in [-0.2, 0) is 11.2 Å². The largest absolute Gasteiger partial charge is 0.508 e. The number of rotatable bonds is 5. The normalized spacial score (nSPS) is 10.2. The number of aromatic carboxylic acids is 1. The van der Waals surface area contributed by atoms with Crippen molar-refractivity contribution in [3.63, 3.8) is 0 Å². The van der Waals surface area contributed by atoms with Crippen LogP contribution < -0.4 is 5.32 Å². The first-order valence-electron chi connectivity index (χ1n) is 6.69. The lowest BCUT2D eigenvalue weighted by molar-refractivity contribution is -0.136. The first-order valence-corrected chi connectivity index (χ1v) is 6.69. The molecule has 2 aromatic rings. The molecule has 0 saturated heterocycles. The molecule has 5 N–H and O–H groups in total. The molecule has 8 heteroatoms. The van der Waals surface area contributed by atoms with E-state index < -0.39 is 35.8 Å². The minimum absolute atomic E-state index is 0.0309. The lowest BCUT2D eigenvalue weighted by Crippen LogP contribution is -2.13. The van der Waals surface area contributed by atoms with Crippen molar-refractivity contribution in [1.82, 2.24) is 0 Å². The molecule has 0 aliphatic rings. The Hall–Kier alpha value is -3.55. The Kier molecular flexibility index (Phi) is 4.69. The van der Waals surface area contributed by atoms with Crippen LogP contribution in [0.2, 0.25) is 0 Å². The maximum atomic E-state index is 12.2. The van der Waals surface area contributed by atoms with Gasteiger partial charge >= 0.3 is 11.9 Å². The Morgan fingerprint density at radius 2 is 1.67 bits per heavy atom. The highest BCUT2D eigenvalue weighted by Crippen LogP contribution is 2.28. The molecule has 8 nitrogen and oxygen atoms in total. The zero-order valence-corrected chi connectivity index (χ0v) is 12.2. The monoisotopic (exact) mass is 331 g/mol. The molecule has 24 heavy (non-hydrogen) atoms. The fourth-order valence-corrected chi connectivity index (χ4v) is 2.03. The van der Waals surface area contributed by atoms with E-state index in [0.29, 0.717) is 0 Å². The fourth-order valence-electron chi connectivity index (χ4n) is 2.03. The van der Waals surface area contributed by atoms with Crippen LogP contribution in [0.15, 0.2) is 36.4 Å². The number of aromatic hydroxyl groups is 2. The van der Waals surface area contributed by atoms with Crippen molar-refractivity contribution in [2.45, 2.75) is 6.42 Å². The molecule has 0 fully saturated rings. The minimum Gasteiger partial charge on any atom is -0.508 e. The predicted octanol–water partition coefficient (Wildman–Crippen LogP) is 1.68. The number of nitrogens with one attached hydrogen (secondary N) is 1. The highest BCUT2D eigenvalue weighted by atomic mass is 16.4. The van der Waals surface area contributed by atoms with E-state index >= 15 is 0 Å². The summed E-state index contributed by atoms with van der Waals surface area (Å²) in [6, 6.07) is 7.42. The first kappa shape index (κ1) is 16.8. The van der Waals surface area contributed by atoms with Gasteiger partial charge in [-0.15, -0.1) is 0 Å². The van der Waals surface area contributed by atoms with E-state index in [1.54, 1.807) is 0 Å². The van der Waals surface area contributed by atoms with Gasteiger partial charge in [0.2, 0.25) is 0 Å². The second-order valence-corrected chi connectivity index (χ2v) is 4.91.